The van der Waals surface area contributed by atoms with Crippen LogP contribution in [0.2, 0.25) is 0 Å². The van der Waals surface area contributed by atoms with Crippen molar-refractivity contribution in [1.29, 1.82) is 0 Å². The molecule has 0 atom stereocenters. The summed E-state index contributed by atoms with van der Waals surface area (Å²) in [5.41, 5.74) is 1.51. The lowest BCUT2D eigenvalue weighted by Gasteiger charge is -2.04. The van der Waals surface area contributed by atoms with Crippen molar-refractivity contribution in [2.45, 2.75) is 6.61 Å². The standard InChI is InChI=1S/C14H13NO2/c16-14(13-7-4-9-15-10-8-13)17-11-12-5-2-1-3-6-12/h1-10,15H,11H2. The van der Waals surface area contributed by atoms with E-state index in [1.54, 1.807) is 30.6 Å². The van der Waals surface area contributed by atoms with Gasteiger partial charge in [-0.1, -0.05) is 30.3 Å². The molecule has 17 heavy (non-hydrogen) atoms. The molecule has 0 bridgehead atoms. The van der Waals surface area contributed by atoms with Crippen LogP contribution in [0.5, 0.6) is 0 Å². The first-order valence-electron chi connectivity index (χ1n) is 5.37. The van der Waals surface area contributed by atoms with Crippen molar-refractivity contribution in [1.82, 2.24) is 5.32 Å². The Morgan fingerprint density at radius 1 is 1.18 bits per heavy atom. The highest BCUT2D eigenvalue weighted by molar-refractivity contribution is 5.92. The van der Waals surface area contributed by atoms with E-state index in [-0.39, 0.29) is 5.97 Å². The van der Waals surface area contributed by atoms with Gasteiger partial charge in [0.1, 0.15) is 6.61 Å². The van der Waals surface area contributed by atoms with Gasteiger partial charge in [-0.15, -0.1) is 0 Å². The third-order valence-electron chi connectivity index (χ3n) is 2.28. The second-order valence-electron chi connectivity index (χ2n) is 3.54. The fourth-order valence-corrected chi connectivity index (χ4v) is 1.40. The van der Waals surface area contributed by atoms with E-state index in [1.165, 1.54) is 0 Å². The number of benzene rings is 1. The van der Waals surface area contributed by atoms with E-state index < -0.39 is 0 Å². The van der Waals surface area contributed by atoms with Crippen molar-refractivity contribution in [3.63, 3.8) is 0 Å². The molecule has 0 unspecified atom stereocenters. The van der Waals surface area contributed by atoms with E-state index >= 15 is 0 Å². The maximum Gasteiger partial charge on any atom is 0.338 e. The number of nitrogens with one attached hydrogen (secondary N) is 1. The Morgan fingerprint density at radius 2 is 2.00 bits per heavy atom. The van der Waals surface area contributed by atoms with Crippen LogP contribution in [0, 0.1) is 0 Å². The molecular weight excluding hydrogens is 214 g/mol. The lowest BCUT2D eigenvalue weighted by atomic mass is 10.2. The Bertz CT molecular complexity index is 472. The highest BCUT2D eigenvalue weighted by atomic mass is 16.5. The Balaban J connectivity index is 1.94. The fourth-order valence-electron chi connectivity index (χ4n) is 1.40. The molecular formula is C14H13NO2. The molecule has 1 aromatic rings. The maximum absolute atomic E-state index is 11.7. The number of carbonyl (C=O) groups excluding carboxylic acids is 1. The highest BCUT2D eigenvalue weighted by Crippen LogP contribution is 2.06. The first-order chi connectivity index (χ1) is 8.36. The summed E-state index contributed by atoms with van der Waals surface area (Å²) in [6.07, 6.45) is 8.60. The first kappa shape index (κ1) is 11.2. The van der Waals surface area contributed by atoms with E-state index in [2.05, 4.69) is 5.32 Å². The van der Waals surface area contributed by atoms with Crippen molar-refractivity contribution in [2.24, 2.45) is 0 Å². The van der Waals surface area contributed by atoms with E-state index in [4.69, 9.17) is 4.74 Å². The van der Waals surface area contributed by atoms with Gasteiger partial charge in [0.15, 0.2) is 0 Å². The summed E-state index contributed by atoms with van der Waals surface area (Å²) in [5.74, 6) is -0.321. The van der Waals surface area contributed by atoms with Crippen LogP contribution in [-0.4, -0.2) is 5.97 Å². The van der Waals surface area contributed by atoms with Gasteiger partial charge in [0.2, 0.25) is 0 Å². The lowest BCUT2D eigenvalue weighted by Crippen LogP contribution is -2.06. The summed E-state index contributed by atoms with van der Waals surface area (Å²) in [6, 6.07) is 9.61. The average molecular weight is 227 g/mol. The molecule has 0 aliphatic carbocycles. The third-order valence-corrected chi connectivity index (χ3v) is 2.28. The van der Waals surface area contributed by atoms with Crippen molar-refractivity contribution in [2.75, 3.05) is 0 Å². The molecule has 0 saturated carbocycles. The highest BCUT2D eigenvalue weighted by Gasteiger charge is 2.07. The number of esters is 1. The van der Waals surface area contributed by atoms with Crippen LogP contribution >= 0.6 is 0 Å². The van der Waals surface area contributed by atoms with Gasteiger partial charge < -0.3 is 10.1 Å². The molecule has 1 aliphatic rings. The SMILES string of the molecule is O=C(OCc1ccccc1)C1=CC=CNC=C1. The lowest BCUT2D eigenvalue weighted by molar-refractivity contribution is -0.139. The Morgan fingerprint density at radius 3 is 2.82 bits per heavy atom. The minimum atomic E-state index is -0.321. The van der Waals surface area contributed by atoms with E-state index in [0.29, 0.717) is 12.2 Å². The summed E-state index contributed by atoms with van der Waals surface area (Å²) in [7, 11) is 0. The molecule has 3 nitrogen and oxygen atoms in total. The number of allylic oxidation sites excluding steroid dienone is 2. The molecule has 0 fully saturated rings. The monoisotopic (exact) mass is 227 g/mol. The molecule has 0 saturated heterocycles. The number of hydrogen-bond donors (Lipinski definition) is 1. The van der Waals surface area contributed by atoms with Crippen LogP contribution < -0.4 is 5.32 Å². The van der Waals surface area contributed by atoms with Crippen molar-refractivity contribution < 1.29 is 9.53 Å². The minimum absolute atomic E-state index is 0.294. The van der Waals surface area contributed by atoms with Crippen molar-refractivity contribution in [3.8, 4) is 0 Å². The van der Waals surface area contributed by atoms with Gasteiger partial charge in [0, 0.05) is 12.4 Å². The van der Waals surface area contributed by atoms with Gasteiger partial charge >= 0.3 is 5.97 Å². The zero-order valence-corrected chi connectivity index (χ0v) is 9.30. The normalized spacial score (nSPS) is 13.5. The fraction of sp³-hybridized carbons (Fsp3) is 0.0714. The van der Waals surface area contributed by atoms with Gasteiger partial charge in [0.05, 0.1) is 5.57 Å². The van der Waals surface area contributed by atoms with Crippen LogP contribution in [-0.2, 0) is 16.1 Å². The molecule has 0 aromatic heterocycles. The minimum Gasteiger partial charge on any atom is -0.457 e. The summed E-state index contributed by atoms with van der Waals surface area (Å²) < 4.78 is 5.20. The van der Waals surface area contributed by atoms with Crippen molar-refractivity contribution >= 4 is 5.97 Å². The van der Waals surface area contributed by atoms with Crippen molar-refractivity contribution in [3.05, 3.63) is 72.1 Å². The van der Waals surface area contributed by atoms with Gasteiger partial charge in [-0.25, -0.2) is 4.79 Å². The second-order valence-corrected chi connectivity index (χ2v) is 3.54. The number of carbonyl (C=O) groups is 1. The zero-order valence-electron chi connectivity index (χ0n) is 9.30. The summed E-state index contributed by atoms with van der Waals surface area (Å²) in [4.78, 5) is 11.7. The molecule has 86 valence electrons. The molecule has 1 N–H and O–H groups in total. The largest absolute Gasteiger partial charge is 0.457 e. The molecule has 0 spiro atoms. The number of hydrogen-bond acceptors (Lipinski definition) is 3. The predicted octanol–water partition coefficient (Wildman–Crippen LogP) is 2.29. The smallest absolute Gasteiger partial charge is 0.338 e. The number of rotatable bonds is 3. The van der Waals surface area contributed by atoms with Gasteiger partial charge in [0.25, 0.3) is 0 Å². The van der Waals surface area contributed by atoms with Crippen LogP contribution in [0.3, 0.4) is 0 Å². The topological polar surface area (TPSA) is 38.3 Å². The van der Waals surface area contributed by atoms with Gasteiger partial charge in [-0.3, -0.25) is 0 Å². The van der Waals surface area contributed by atoms with Crippen LogP contribution in [0.25, 0.3) is 0 Å². The zero-order chi connectivity index (χ0) is 11.9. The molecule has 2 rings (SSSR count). The van der Waals surface area contributed by atoms with E-state index in [1.807, 2.05) is 30.3 Å². The van der Waals surface area contributed by atoms with E-state index in [9.17, 15) is 4.79 Å². The number of ether oxygens (including phenoxy) is 1. The summed E-state index contributed by atoms with van der Waals surface area (Å²) in [6.45, 7) is 0.294. The average Bonchev–Trinajstić information content (AvgIpc) is 2.66. The Kier molecular flexibility index (Phi) is 3.76. The summed E-state index contributed by atoms with van der Waals surface area (Å²) in [5, 5.41) is 2.88. The Hall–Kier alpha value is -2.29. The Labute approximate surface area is 100 Å². The maximum atomic E-state index is 11.7. The van der Waals surface area contributed by atoms with Gasteiger partial charge in [-0.2, -0.15) is 0 Å². The van der Waals surface area contributed by atoms with Crippen LogP contribution in [0.15, 0.2) is 66.5 Å². The first-order valence-corrected chi connectivity index (χ1v) is 5.37. The van der Waals surface area contributed by atoms with Crippen LogP contribution in [0.4, 0.5) is 0 Å². The van der Waals surface area contributed by atoms with Crippen LogP contribution in [0.1, 0.15) is 5.56 Å². The molecule has 1 heterocycles. The molecule has 0 radical (unpaired) electrons. The molecule has 1 aliphatic heterocycles. The predicted molar refractivity (Wildman–Crippen MR) is 65.7 cm³/mol. The quantitative estimate of drug-likeness (QED) is 0.805. The summed E-state index contributed by atoms with van der Waals surface area (Å²) >= 11 is 0. The van der Waals surface area contributed by atoms with E-state index in [0.717, 1.165) is 5.56 Å². The molecule has 3 heteroatoms. The van der Waals surface area contributed by atoms with Gasteiger partial charge in [-0.05, 0) is 23.8 Å². The second kappa shape index (κ2) is 5.70. The molecule has 1 aromatic carbocycles. The molecule has 0 amide bonds. The third kappa shape index (κ3) is 3.34.